The Labute approximate surface area is 95.8 Å². The molecule has 0 amide bonds. The minimum absolute atomic E-state index is 0.0200. The first-order chi connectivity index (χ1) is 7.19. The van der Waals surface area contributed by atoms with E-state index in [1.807, 2.05) is 0 Å². The molecule has 1 rings (SSSR count). The van der Waals surface area contributed by atoms with Gasteiger partial charge in [0.2, 0.25) is 5.43 Å². The molecule has 0 saturated heterocycles. The van der Waals surface area contributed by atoms with Gasteiger partial charge in [0.1, 0.15) is 4.51 Å². The fraction of sp³-hybridized carbons (Fsp3) is 0.636. The lowest BCUT2D eigenvalue weighted by molar-refractivity contribution is 0.300. The van der Waals surface area contributed by atoms with Crippen LogP contribution in [0.1, 0.15) is 20.3 Å². The maximum absolute atomic E-state index is 10.8. The molecule has 1 aromatic carbocycles. The van der Waals surface area contributed by atoms with E-state index in [1.54, 1.807) is 6.07 Å². The molecular weight excluding hydrogens is 208 g/mol. The summed E-state index contributed by atoms with van der Waals surface area (Å²) in [5.41, 5.74) is 0.816. The highest BCUT2D eigenvalue weighted by atomic mass is 32.1. The van der Waals surface area contributed by atoms with Gasteiger partial charge < -0.3 is 10.2 Å². The largest absolute Gasteiger partial charge is 0.382 e. The normalized spacial score (nSPS) is 11.1. The second kappa shape index (κ2) is 5.98. The van der Waals surface area contributed by atoms with Gasteiger partial charge >= 0.3 is 0 Å². The Morgan fingerprint density at radius 1 is 1.40 bits per heavy atom. The van der Waals surface area contributed by atoms with Gasteiger partial charge in [0.25, 0.3) is 0 Å². The molecule has 0 aromatic heterocycles. The van der Waals surface area contributed by atoms with Crippen LogP contribution in [0.15, 0.2) is 10.9 Å². The second-order valence-electron chi connectivity index (χ2n) is 3.61. The summed E-state index contributed by atoms with van der Waals surface area (Å²) in [6.45, 7) is 8.38. The average molecular weight is 226 g/mol. The van der Waals surface area contributed by atoms with Gasteiger partial charge in [0, 0.05) is 19.2 Å². The zero-order valence-corrected chi connectivity index (χ0v) is 10.2. The molecule has 15 heavy (non-hydrogen) atoms. The molecular formula is C11H18N2OS. The molecule has 0 bridgehead atoms. The molecule has 0 saturated carbocycles. The van der Waals surface area contributed by atoms with E-state index in [1.165, 1.54) is 6.42 Å². The van der Waals surface area contributed by atoms with Crippen molar-refractivity contribution in [2.24, 2.45) is 0 Å². The molecule has 0 atom stereocenters. The van der Waals surface area contributed by atoms with E-state index in [0.29, 0.717) is 4.51 Å². The van der Waals surface area contributed by atoms with Crippen molar-refractivity contribution in [3.8, 4) is 0 Å². The van der Waals surface area contributed by atoms with Gasteiger partial charge in [0.15, 0.2) is 0 Å². The molecule has 1 N–H and O–H groups in total. The third-order valence-corrected chi connectivity index (χ3v) is 2.90. The number of hydrogen-bond acceptors (Lipinski definition) is 4. The lowest BCUT2D eigenvalue weighted by atomic mass is 10.2. The Kier molecular flexibility index (Phi) is 4.91. The first kappa shape index (κ1) is 12.3. The summed E-state index contributed by atoms with van der Waals surface area (Å²) >= 11 is 4.89. The van der Waals surface area contributed by atoms with Gasteiger partial charge in [-0.2, -0.15) is 0 Å². The minimum Gasteiger partial charge on any atom is -0.382 e. The summed E-state index contributed by atoms with van der Waals surface area (Å²) in [7, 11) is 0. The van der Waals surface area contributed by atoms with E-state index in [-0.39, 0.29) is 5.43 Å². The number of anilines is 1. The summed E-state index contributed by atoms with van der Waals surface area (Å²) in [6, 6.07) is 1.57. The van der Waals surface area contributed by atoms with E-state index in [0.717, 1.165) is 31.9 Å². The van der Waals surface area contributed by atoms with Crippen molar-refractivity contribution in [1.82, 2.24) is 4.90 Å². The monoisotopic (exact) mass is 226 g/mol. The number of nitrogens with one attached hydrogen (secondary N) is 1. The predicted molar refractivity (Wildman–Crippen MR) is 66.8 cm³/mol. The standard InChI is InChI=1S/C11H18N2OS/c1-3-6-13(4-2)7-5-12-9-8-10(14)11(9)15/h8,12H,3-7H2,1-2H3. The first-order valence-corrected chi connectivity index (χ1v) is 5.86. The van der Waals surface area contributed by atoms with Gasteiger partial charge in [-0.1, -0.05) is 26.1 Å². The third-order valence-electron chi connectivity index (χ3n) is 2.47. The average Bonchev–Trinajstić information content (AvgIpc) is 2.26. The van der Waals surface area contributed by atoms with Crippen LogP contribution in [-0.2, 0) is 0 Å². The van der Waals surface area contributed by atoms with Crippen LogP contribution in [0.4, 0.5) is 5.69 Å². The van der Waals surface area contributed by atoms with E-state index in [2.05, 4.69) is 24.1 Å². The Balaban J connectivity index is 2.24. The molecule has 3 nitrogen and oxygen atoms in total. The van der Waals surface area contributed by atoms with Crippen LogP contribution in [0, 0.1) is 4.51 Å². The molecule has 0 aliphatic heterocycles. The summed E-state index contributed by atoms with van der Waals surface area (Å²) in [5, 5.41) is 3.18. The Morgan fingerprint density at radius 2 is 2.13 bits per heavy atom. The van der Waals surface area contributed by atoms with Crippen molar-refractivity contribution in [2.75, 3.05) is 31.5 Å². The van der Waals surface area contributed by atoms with Gasteiger partial charge in [-0.05, 0) is 19.5 Å². The molecule has 0 aliphatic carbocycles. The van der Waals surface area contributed by atoms with E-state index in [9.17, 15) is 4.79 Å². The molecule has 1 aromatic rings. The minimum atomic E-state index is -0.0200. The van der Waals surface area contributed by atoms with E-state index >= 15 is 0 Å². The van der Waals surface area contributed by atoms with Crippen molar-refractivity contribution in [1.29, 1.82) is 0 Å². The molecule has 0 spiro atoms. The third kappa shape index (κ3) is 3.39. The van der Waals surface area contributed by atoms with Crippen molar-refractivity contribution < 1.29 is 0 Å². The number of hydrogen-bond donors (Lipinski definition) is 1. The number of likely N-dealkylation sites (N-methyl/N-ethyl adjacent to an activating group) is 1. The van der Waals surface area contributed by atoms with E-state index < -0.39 is 0 Å². The summed E-state index contributed by atoms with van der Waals surface area (Å²) < 4.78 is 0.452. The van der Waals surface area contributed by atoms with Crippen LogP contribution >= 0.6 is 12.2 Å². The van der Waals surface area contributed by atoms with Crippen LogP contribution < -0.4 is 10.7 Å². The summed E-state index contributed by atoms with van der Waals surface area (Å²) in [4.78, 5) is 13.2. The summed E-state index contributed by atoms with van der Waals surface area (Å²) in [5.74, 6) is 0. The SMILES string of the molecule is CCCN(CC)CCNc1cc(=O)c1=S. The van der Waals surface area contributed by atoms with Crippen LogP contribution in [0.5, 0.6) is 0 Å². The topological polar surface area (TPSA) is 32.3 Å². The second-order valence-corrected chi connectivity index (χ2v) is 4.02. The highest BCUT2D eigenvalue weighted by Crippen LogP contribution is 2.06. The highest BCUT2D eigenvalue weighted by Gasteiger charge is 2.05. The Morgan fingerprint density at radius 3 is 2.60 bits per heavy atom. The zero-order valence-electron chi connectivity index (χ0n) is 9.38. The van der Waals surface area contributed by atoms with Crippen molar-refractivity contribution >= 4 is 17.9 Å². The Bertz CT molecular complexity index is 368. The lowest BCUT2D eigenvalue weighted by Crippen LogP contribution is -2.30. The van der Waals surface area contributed by atoms with Crippen LogP contribution in [0.25, 0.3) is 0 Å². The fourth-order valence-corrected chi connectivity index (χ4v) is 1.73. The number of rotatable bonds is 7. The van der Waals surface area contributed by atoms with Gasteiger partial charge in [0.05, 0.1) is 5.69 Å². The quantitative estimate of drug-likeness (QED) is 0.719. The van der Waals surface area contributed by atoms with Gasteiger partial charge in [-0.25, -0.2) is 0 Å². The molecule has 0 aliphatic rings. The van der Waals surface area contributed by atoms with Crippen LogP contribution in [-0.4, -0.2) is 31.1 Å². The van der Waals surface area contributed by atoms with Crippen molar-refractivity contribution in [3.63, 3.8) is 0 Å². The van der Waals surface area contributed by atoms with Crippen molar-refractivity contribution in [3.05, 3.63) is 20.8 Å². The van der Waals surface area contributed by atoms with Crippen LogP contribution in [0.2, 0.25) is 0 Å². The fourth-order valence-electron chi connectivity index (χ4n) is 1.54. The maximum atomic E-state index is 10.8. The molecule has 0 heterocycles. The smallest absolute Gasteiger partial charge is 0.200 e. The molecule has 84 valence electrons. The van der Waals surface area contributed by atoms with E-state index in [4.69, 9.17) is 12.2 Å². The molecule has 4 heteroatoms. The maximum Gasteiger partial charge on any atom is 0.200 e. The van der Waals surface area contributed by atoms with Crippen LogP contribution in [0.3, 0.4) is 0 Å². The predicted octanol–water partition coefficient (Wildman–Crippen LogP) is 1.80. The highest BCUT2D eigenvalue weighted by molar-refractivity contribution is 7.71. The zero-order chi connectivity index (χ0) is 11.3. The molecule has 0 radical (unpaired) electrons. The van der Waals surface area contributed by atoms with Crippen molar-refractivity contribution in [2.45, 2.75) is 20.3 Å². The lowest BCUT2D eigenvalue weighted by Gasteiger charge is -2.20. The van der Waals surface area contributed by atoms with Gasteiger partial charge in [-0.3, -0.25) is 4.79 Å². The molecule has 0 unspecified atom stereocenters. The van der Waals surface area contributed by atoms with Gasteiger partial charge in [-0.15, -0.1) is 0 Å². The molecule has 0 fully saturated rings. The first-order valence-electron chi connectivity index (χ1n) is 5.45. The Hall–Kier alpha value is -0.740. The summed E-state index contributed by atoms with van der Waals surface area (Å²) in [6.07, 6.45) is 1.17. The number of nitrogens with zero attached hydrogens (tertiary/aromatic N) is 1.